The number of nitrogens with one attached hydrogen (secondary N) is 1. The first-order valence-electron chi connectivity index (χ1n) is 5.86. The van der Waals surface area contributed by atoms with E-state index in [2.05, 4.69) is 11.4 Å². The molecule has 0 spiro atoms. The maximum atomic E-state index is 9.17. The summed E-state index contributed by atoms with van der Waals surface area (Å²) in [7, 11) is 1.67. The van der Waals surface area contributed by atoms with Crippen LogP contribution in [-0.4, -0.2) is 27.1 Å². The Labute approximate surface area is 106 Å². The van der Waals surface area contributed by atoms with E-state index in [1.165, 1.54) is 0 Å². The van der Waals surface area contributed by atoms with Crippen LogP contribution in [0.15, 0.2) is 18.2 Å². The van der Waals surface area contributed by atoms with Crippen LogP contribution in [0, 0.1) is 11.3 Å². The number of rotatable bonds is 6. The molecule has 18 heavy (non-hydrogen) atoms. The molecule has 2 rings (SSSR count). The summed E-state index contributed by atoms with van der Waals surface area (Å²) >= 11 is 0. The fourth-order valence-electron chi connectivity index (χ4n) is 1.79. The second-order valence-corrected chi connectivity index (χ2v) is 3.98. The molecule has 1 aromatic rings. The minimum Gasteiger partial charge on any atom is -0.454 e. The van der Waals surface area contributed by atoms with Crippen molar-refractivity contribution in [2.24, 2.45) is 0 Å². The Morgan fingerprint density at radius 3 is 3.06 bits per heavy atom. The van der Waals surface area contributed by atoms with Gasteiger partial charge in [-0.15, -0.1) is 0 Å². The molecule has 0 fully saturated rings. The van der Waals surface area contributed by atoms with Gasteiger partial charge in [0.25, 0.3) is 0 Å². The topological polar surface area (TPSA) is 63.5 Å². The third-order valence-corrected chi connectivity index (χ3v) is 2.73. The van der Waals surface area contributed by atoms with Gasteiger partial charge < -0.3 is 14.2 Å². The first kappa shape index (κ1) is 12.7. The summed E-state index contributed by atoms with van der Waals surface area (Å²) in [5.74, 6) is 1.43. The van der Waals surface area contributed by atoms with E-state index in [0.717, 1.165) is 24.3 Å². The Balaban J connectivity index is 1.97. The molecule has 0 aliphatic carbocycles. The van der Waals surface area contributed by atoms with Gasteiger partial charge >= 0.3 is 0 Å². The van der Waals surface area contributed by atoms with Gasteiger partial charge in [-0.2, -0.15) is 5.26 Å². The van der Waals surface area contributed by atoms with Crippen LogP contribution in [-0.2, 0) is 4.74 Å². The Morgan fingerprint density at radius 2 is 2.28 bits per heavy atom. The lowest BCUT2D eigenvalue weighted by Crippen LogP contribution is -2.22. The van der Waals surface area contributed by atoms with E-state index in [1.807, 2.05) is 18.2 Å². The summed E-state index contributed by atoms with van der Waals surface area (Å²) in [5, 5.41) is 12.3. The Kier molecular flexibility index (Phi) is 4.40. The molecular weight excluding hydrogens is 232 g/mol. The smallest absolute Gasteiger partial charge is 0.231 e. The molecule has 0 aromatic heterocycles. The third kappa shape index (κ3) is 2.92. The molecule has 1 unspecified atom stereocenters. The molecule has 0 bridgehead atoms. The van der Waals surface area contributed by atoms with E-state index in [-0.39, 0.29) is 12.8 Å². The van der Waals surface area contributed by atoms with Crippen molar-refractivity contribution in [3.05, 3.63) is 23.8 Å². The minimum absolute atomic E-state index is 0.247. The van der Waals surface area contributed by atoms with Crippen LogP contribution >= 0.6 is 0 Å². The van der Waals surface area contributed by atoms with Crippen LogP contribution < -0.4 is 14.8 Å². The molecule has 1 atom stereocenters. The molecule has 1 heterocycles. The quantitative estimate of drug-likeness (QED) is 0.775. The van der Waals surface area contributed by atoms with Gasteiger partial charge in [0.1, 0.15) is 6.04 Å². The lowest BCUT2D eigenvalue weighted by molar-refractivity contribution is 0.174. The molecule has 5 nitrogen and oxygen atoms in total. The standard InChI is InChI=1S/C13H16N2O3/c1-16-6-2-5-15-11(8-14)10-3-4-12-13(7-10)18-9-17-12/h3-4,7,11,15H,2,5-6,9H2,1H3. The van der Waals surface area contributed by atoms with Crippen LogP contribution in [0.4, 0.5) is 0 Å². The number of nitriles is 1. The molecule has 0 saturated heterocycles. The Hall–Kier alpha value is -1.77. The molecule has 5 heteroatoms. The van der Waals surface area contributed by atoms with Crippen molar-refractivity contribution in [3.63, 3.8) is 0 Å². The summed E-state index contributed by atoms with van der Waals surface area (Å²) in [6.45, 7) is 1.67. The van der Waals surface area contributed by atoms with Crippen molar-refractivity contribution in [1.29, 1.82) is 5.26 Å². The van der Waals surface area contributed by atoms with Gasteiger partial charge in [-0.1, -0.05) is 6.07 Å². The fraction of sp³-hybridized carbons (Fsp3) is 0.462. The molecule has 1 aliphatic heterocycles. The summed E-state index contributed by atoms with van der Waals surface area (Å²) in [6.07, 6.45) is 0.874. The summed E-state index contributed by atoms with van der Waals surface area (Å²) < 4.78 is 15.5. The average molecular weight is 248 g/mol. The van der Waals surface area contributed by atoms with E-state index >= 15 is 0 Å². The van der Waals surface area contributed by atoms with Gasteiger partial charge in [0, 0.05) is 13.7 Å². The van der Waals surface area contributed by atoms with Crippen molar-refractivity contribution in [1.82, 2.24) is 5.32 Å². The largest absolute Gasteiger partial charge is 0.454 e. The number of hydrogen-bond donors (Lipinski definition) is 1. The van der Waals surface area contributed by atoms with Crippen LogP contribution in [0.1, 0.15) is 18.0 Å². The molecule has 96 valence electrons. The van der Waals surface area contributed by atoms with E-state index in [9.17, 15) is 0 Å². The zero-order chi connectivity index (χ0) is 12.8. The molecule has 1 aromatic carbocycles. The number of ether oxygens (including phenoxy) is 3. The van der Waals surface area contributed by atoms with Gasteiger partial charge in [0.15, 0.2) is 11.5 Å². The lowest BCUT2D eigenvalue weighted by atomic mass is 10.1. The highest BCUT2D eigenvalue weighted by Gasteiger charge is 2.17. The lowest BCUT2D eigenvalue weighted by Gasteiger charge is -2.12. The number of hydrogen-bond acceptors (Lipinski definition) is 5. The molecule has 1 N–H and O–H groups in total. The van der Waals surface area contributed by atoms with E-state index in [0.29, 0.717) is 12.4 Å². The zero-order valence-corrected chi connectivity index (χ0v) is 10.3. The highest BCUT2D eigenvalue weighted by atomic mass is 16.7. The zero-order valence-electron chi connectivity index (χ0n) is 10.3. The first-order valence-corrected chi connectivity index (χ1v) is 5.86. The van der Waals surface area contributed by atoms with Gasteiger partial charge in [-0.3, -0.25) is 5.32 Å². The minimum atomic E-state index is -0.337. The average Bonchev–Trinajstić information content (AvgIpc) is 2.86. The van der Waals surface area contributed by atoms with Crippen molar-refractivity contribution < 1.29 is 14.2 Å². The maximum Gasteiger partial charge on any atom is 0.231 e. The Bertz CT molecular complexity index is 442. The predicted molar refractivity (Wildman–Crippen MR) is 65.4 cm³/mol. The highest BCUT2D eigenvalue weighted by molar-refractivity contribution is 5.46. The Morgan fingerprint density at radius 1 is 1.44 bits per heavy atom. The highest BCUT2D eigenvalue weighted by Crippen LogP contribution is 2.34. The van der Waals surface area contributed by atoms with Crippen molar-refractivity contribution in [3.8, 4) is 17.6 Å². The molecule has 0 saturated carbocycles. The van der Waals surface area contributed by atoms with Crippen LogP contribution in [0.5, 0.6) is 11.5 Å². The normalized spacial score (nSPS) is 14.2. The molecule has 0 radical (unpaired) electrons. The van der Waals surface area contributed by atoms with Gasteiger partial charge in [0.05, 0.1) is 6.07 Å². The molecule has 1 aliphatic rings. The summed E-state index contributed by atoms with van der Waals surface area (Å²) in [6, 6.07) is 7.46. The summed E-state index contributed by atoms with van der Waals surface area (Å²) in [4.78, 5) is 0. The van der Waals surface area contributed by atoms with Crippen LogP contribution in [0.3, 0.4) is 0 Å². The van der Waals surface area contributed by atoms with Crippen molar-refractivity contribution in [2.75, 3.05) is 27.1 Å². The number of methoxy groups -OCH3 is 1. The summed E-state index contributed by atoms with van der Waals surface area (Å²) in [5.41, 5.74) is 0.888. The van der Waals surface area contributed by atoms with E-state index < -0.39 is 0 Å². The van der Waals surface area contributed by atoms with Crippen molar-refractivity contribution >= 4 is 0 Å². The predicted octanol–water partition coefficient (Wildman–Crippen LogP) is 1.61. The van der Waals surface area contributed by atoms with Crippen molar-refractivity contribution in [2.45, 2.75) is 12.5 Å². The third-order valence-electron chi connectivity index (χ3n) is 2.73. The number of fused-ring (bicyclic) bond motifs is 1. The second kappa shape index (κ2) is 6.24. The second-order valence-electron chi connectivity index (χ2n) is 3.98. The van der Waals surface area contributed by atoms with E-state index in [4.69, 9.17) is 19.5 Å². The van der Waals surface area contributed by atoms with E-state index in [1.54, 1.807) is 7.11 Å². The molecular formula is C13H16N2O3. The van der Waals surface area contributed by atoms with Gasteiger partial charge in [0.2, 0.25) is 6.79 Å². The van der Waals surface area contributed by atoms with Crippen LogP contribution in [0.2, 0.25) is 0 Å². The first-order chi connectivity index (χ1) is 8.85. The van der Waals surface area contributed by atoms with Gasteiger partial charge in [-0.25, -0.2) is 0 Å². The fourth-order valence-corrected chi connectivity index (χ4v) is 1.79. The monoisotopic (exact) mass is 248 g/mol. The number of benzene rings is 1. The number of nitrogens with zero attached hydrogens (tertiary/aromatic N) is 1. The maximum absolute atomic E-state index is 9.17. The van der Waals surface area contributed by atoms with Gasteiger partial charge in [-0.05, 0) is 30.7 Å². The molecule has 0 amide bonds. The van der Waals surface area contributed by atoms with Crippen LogP contribution in [0.25, 0.3) is 0 Å². The SMILES string of the molecule is COCCCNC(C#N)c1ccc2c(c1)OCO2.